The third-order valence-electron chi connectivity index (χ3n) is 3.13. The molecule has 0 aliphatic heterocycles. The van der Waals surface area contributed by atoms with Gasteiger partial charge in [0.15, 0.2) is 5.75 Å². The molecule has 2 aromatic carbocycles. The highest BCUT2D eigenvalue weighted by Crippen LogP contribution is 2.36. The zero-order valence-corrected chi connectivity index (χ0v) is 11.7. The average molecular weight is 285 g/mol. The van der Waals surface area contributed by atoms with Gasteiger partial charge in [0.05, 0.1) is 10.7 Å². The van der Waals surface area contributed by atoms with Crippen LogP contribution in [-0.4, -0.2) is 4.98 Å². The first-order valence-corrected chi connectivity index (χ1v) is 6.59. The van der Waals surface area contributed by atoms with Crippen LogP contribution in [0.25, 0.3) is 10.8 Å². The van der Waals surface area contributed by atoms with Crippen molar-refractivity contribution in [1.29, 1.82) is 0 Å². The normalized spacial score (nSPS) is 10.7. The number of benzene rings is 2. The second-order valence-corrected chi connectivity index (χ2v) is 5.02. The van der Waals surface area contributed by atoms with Gasteiger partial charge in [0.1, 0.15) is 5.75 Å². The lowest BCUT2D eigenvalue weighted by atomic mass is 10.1. The van der Waals surface area contributed by atoms with Crippen molar-refractivity contribution in [3.05, 3.63) is 59.4 Å². The number of aromatic nitrogens is 1. The molecular formula is C16H13ClN2O. The van der Waals surface area contributed by atoms with Crippen LogP contribution >= 0.6 is 11.6 Å². The Labute approximate surface area is 122 Å². The molecule has 0 aliphatic rings. The van der Waals surface area contributed by atoms with Crippen LogP contribution in [0.1, 0.15) is 5.56 Å². The predicted molar refractivity (Wildman–Crippen MR) is 82.4 cm³/mol. The monoisotopic (exact) mass is 284 g/mol. The van der Waals surface area contributed by atoms with Crippen molar-refractivity contribution in [2.24, 2.45) is 0 Å². The van der Waals surface area contributed by atoms with Crippen LogP contribution < -0.4 is 10.5 Å². The Hall–Kier alpha value is -2.26. The summed E-state index contributed by atoms with van der Waals surface area (Å²) in [6.07, 6.45) is 3.48. The minimum Gasteiger partial charge on any atom is -0.454 e. The van der Waals surface area contributed by atoms with Gasteiger partial charge in [-0.2, -0.15) is 0 Å². The van der Waals surface area contributed by atoms with Crippen molar-refractivity contribution in [2.45, 2.75) is 6.92 Å². The van der Waals surface area contributed by atoms with E-state index in [1.807, 2.05) is 43.3 Å². The Morgan fingerprint density at radius 3 is 2.70 bits per heavy atom. The zero-order chi connectivity index (χ0) is 14.1. The molecule has 4 heteroatoms. The summed E-state index contributed by atoms with van der Waals surface area (Å²) in [5.74, 6) is 1.19. The van der Waals surface area contributed by atoms with Gasteiger partial charge in [-0.1, -0.05) is 17.7 Å². The number of fused-ring (bicyclic) bond motifs is 1. The Morgan fingerprint density at radius 2 is 1.90 bits per heavy atom. The molecule has 0 saturated carbocycles. The fourth-order valence-electron chi connectivity index (χ4n) is 2.07. The molecule has 3 nitrogen and oxygen atoms in total. The molecule has 0 bridgehead atoms. The lowest BCUT2D eigenvalue weighted by Gasteiger charge is -2.12. The quantitative estimate of drug-likeness (QED) is 0.701. The minimum absolute atomic E-state index is 0.569. The summed E-state index contributed by atoms with van der Waals surface area (Å²) in [7, 11) is 0. The van der Waals surface area contributed by atoms with Gasteiger partial charge in [-0.25, -0.2) is 0 Å². The topological polar surface area (TPSA) is 48.1 Å². The summed E-state index contributed by atoms with van der Waals surface area (Å²) < 4.78 is 5.83. The maximum absolute atomic E-state index is 6.17. The SMILES string of the molecule is Cc1ccc(Oc2ccc3cnccc3c2N)c(Cl)c1. The maximum atomic E-state index is 6.17. The van der Waals surface area contributed by atoms with Crippen LogP contribution in [0.3, 0.4) is 0 Å². The molecule has 1 heterocycles. The molecule has 0 atom stereocenters. The van der Waals surface area contributed by atoms with Crippen molar-refractivity contribution in [1.82, 2.24) is 4.98 Å². The summed E-state index contributed by atoms with van der Waals surface area (Å²) in [5, 5.41) is 2.47. The van der Waals surface area contributed by atoms with E-state index in [2.05, 4.69) is 4.98 Å². The van der Waals surface area contributed by atoms with Gasteiger partial charge in [-0.15, -0.1) is 0 Å². The average Bonchev–Trinajstić information content (AvgIpc) is 2.45. The molecule has 0 fully saturated rings. The predicted octanol–water partition coefficient (Wildman–Crippen LogP) is 4.57. The van der Waals surface area contributed by atoms with Crippen LogP contribution in [-0.2, 0) is 0 Å². The van der Waals surface area contributed by atoms with E-state index in [1.54, 1.807) is 12.4 Å². The van der Waals surface area contributed by atoms with E-state index in [4.69, 9.17) is 22.1 Å². The van der Waals surface area contributed by atoms with E-state index in [-0.39, 0.29) is 0 Å². The number of halogens is 1. The van der Waals surface area contributed by atoms with Crippen molar-refractivity contribution in [3.8, 4) is 11.5 Å². The molecule has 100 valence electrons. The first kappa shape index (κ1) is 12.8. The van der Waals surface area contributed by atoms with Crippen LogP contribution in [0.2, 0.25) is 5.02 Å². The highest BCUT2D eigenvalue weighted by molar-refractivity contribution is 6.32. The standard InChI is InChI=1S/C16H13ClN2O/c1-10-2-4-14(13(17)8-10)20-15-5-3-11-9-19-7-6-12(11)16(15)18/h2-9H,18H2,1H3. The van der Waals surface area contributed by atoms with Crippen molar-refractivity contribution in [3.63, 3.8) is 0 Å². The third-order valence-corrected chi connectivity index (χ3v) is 3.42. The van der Waals surface area contributed by atoms with E-state index in [0.717, 1.165) is 16.3 Å². The lowest BCUT2D eigenvalue weighted by molar-refractivity contribution is 0.486. The molecule has 20 heavy (non-hydrogen) atoms. The number of anilines is 1. The Bertz CT molecular complexity index is 787. The second-order valence-electron chi connectivity index (χ2n) is 4.61. The molecule has 0 unspecified atom stereocenters. The minimum atomic E-state index is 0.569. The van der Waals surface area contributed by atoms with E-state index >= 15 is 0 Å². The summed E-state index contributed by atoms with van der Waals surface area (Å²) in [5.41, 5.74) is 7.82. The number of ether oxygens (including phenoxy) is 1. The summed E-state index contributed by atoms with van der Waals surface area (Å²) in [6, 6.07) is 11.3. The number of pyridine rings is 1. The molecular weight excluding hydrogens is 272 g/mol. The van der Waals surface area contributed by atoms with Crippen molar-refractivity contribution < 1.29 is 4.74 Å². The molecule has 0 amide bonds. The van der Waals surface area contributed by atoms with E-state index < -0.39 is 0 Å². The fourth-order valence-corrected chi connectivity index (χ4v) is 2.34. The van der Waals surface area contributed by atoms with Gasteiger partial charge < -0.3 is 10.5 Å². The largest absolute Gasteiger partial charge is 0.454 e. The molecule has 0 saturated heterocycles. The van der Waals surface area contributed by atoms with Gasteiger partial charge >= 0.3 is 0 Å². The van der Waals surface area contributed by atoms with Crippen molar-refractivity contribution >= 4 is 28.1 Å². The molecule has 0 aliphatic carbocycles. The first-order chi connectivity index (χ1) is 9.65. The Kier molecular flexibility index (Phi) is 3.20. The highest BCUT2D eigenvalue weighted by atomic mass is 35.5. The first-order valence-electron chi connectivity index (χ1n) is 6.21. The van der Waals surface area contributed by atoms with Crippen LogP contribution in [0.15, 0.2) is 48.8 Å². The smallest absolute Gasteiger partial charge is 0.151 e. The molecule has 3 aromatic rings. The molecule has 2 N–H and O–H groups in total. The fraction of sp³-hybridized carbons (Fsp3) is 0.0625. The van der Waals surface area contributed by atoms with Gasteiger partial charge in [0.25, 0.3) is 0 Å². The maximum Gasteiger partial charge on any atom is 0.151 e. The van der Waals surface area contributed by atoms with Gasteiger partial charge in [-0.05, 0) is 42.8 Å². The van der Waals surface area contributed by atoms with E-state index in [0.29, 0.717) is 22.2 Å². The number of hydrogen-bond acceptors (Lipinski definition) is 3. The Morgan fingerprint density at radius 1 is 1.10 bits per heavy atom. The van der Waals surface area contributed by atoms with Crippen LogP contribution in [0, 0.1) is 6.92 Å². The highest BCUT2D eigenvalue weighted by Gasteiger charge is 2.09. The third kappa shape index (κ3) is 2.28. The molecule has 3 rings (SSSR count). The number of rotatable bonds is 2. The molecule has 0 spiro atoms. The van der Waals surface area contributed by atoms with Crippen LogP contribution in [0.4, 0.5) is 5.69 Å². The second kappa shape index (κ2) is 5.02. The number of nitrogens with two attached hydrogens (primary N) is 1. The van der Waals surface area contributed by atoms with Gasteiger partial charge in [0.2, 0.25) is 0 Å². The summed E-state index contributed by atoms with van der Waals surface area (Å²) in [4.78, 5) is 4.07. The van der Waals surface area contributed by atoms with E-state index in [9.17, 15) is 0 Å². The van der Waals surface area contributed by atoms with Gasteiger partial charge in [-0.3, -0.25) is 4.98 Å². The number of nitrogens with zero attached hydrogens (tertiary/aromatic N) is 1. The summed E-state index contributed by atoms with van der Waals surface area (Å²) >= 11 is 6.17. The number of hydrogen-bond donors (Lipinski definition) is 1. The molecule has 1 aromatic heterocycles. The van der Waals surface area contributed by atoms with Gasteiger partial charge in [0, 0.05) is 23.2 Å². The van der Waals surface area contributed by atoms with Crippen molar-refractivity contribution in [2.75, 3.05) is 5.73 Å². The zero-order valence-electron chi connectivity index (χ0n) is 10.9. The van der Waals surface area contributed by atoms with Crippen LogP contribution in [0.5, 0.6) is 11.5 Å². The number of aryl methyl sites for hydroxylation is 1. The number of nitrogen functional groups attached to an aromatic ring is 1. The molecule has 0 radical (unpaired) electrons. The lowest BCUT2D eigenvalue weighted by Crippen LogP contribution is -1.94. The van der Waals surface area contributed by atoms with E-state index in [1.165, 1.54) is 0 Å². The Balaban J connectivity index is 2.04. The summed E-state index contributed by atoms with van der Waals surface area (Å²) in [6.45, 7) is 1.98.